The highest BCUT2D eigenvalue weighted by Gasteiger charge is 2.31. The van der Waals surface area contributed by atoms with Crippen LogP contribution in [0, 0.1) is 0 Å². The Balaban J connectivity index is 3.03. The van der Waals surface area contributed by atoms with Gasteiger partial charge in [-0.15, -0.1) is 0 Å². The predicted molar refractivity (Wildman–Crippen MR) is 121 cm³/mol. The number of aliphatic hydroxyl groups excluding tert-OH is 1. The van der Waals surface area contributed by atoms with Crippen molar-refractivity contribution in [3.05, 3.63) is 29.8 Å². The van der Waals surface area contributed by atoms with Crippen LogP contribution >= 0.6 is 0 Å². The number of aliphatic hydroxyl groups is 1. The van der Waals surface area contributed by atoms with E-state index in [4.69, 9.17) is 16.6 Å². The number of nitrogens with two attached hydrogens (primary N) is 2. The van der Waals surface area contributed by atoms with Gasteiger partial charge in [0.2, 0.25) is 23.6 Å². The molecule has 4 unspecified atom stereocenters. The summed E-state index contributed by atoms with van der Waals surface area (Å²) < 4.78 is 0. The second-order valence-corrected chi connectivity index (χ2v) is 7.78. The molecule has 36 heavy (non-hydrogen) atoms. The summed E-state index contributed by atoms with van der Waals surface area (Å²) in [4.78, 5) is 70.9. The normalized spacial score (nSPS) is 13.9. The highest BCUT2D eigenvalue weighted by molar-refractivity contribution is 5.95. The summed E-state index contributed by atoms with van der Waals surface area (Å²) in [7, 11) is 0. The van der Waals surface area contributed by atoms with Crippen molar-refractivity contribution in [3.8, 4) is 5.75 Å². The van der Waals surface area contributed by atoms with E-state index in [1.807, 2.05) is 0 Å². The number of carbonyl (C=O) groups excluding carboxylic acids is 4. The zero-order chi connectivity index (χ0) is 27.4. The van der Waals surface area contributed by atoms with E-state index in [0.717, 1.165) is 0 Å². The van der Waals surface area contributed by atoms with Crippen molar-refractivity contribution in [3.63, 3.8) is 0 Å². The van der Waals surface area contributed by atoms with Gasteiger partial charge < -0.3 is 47.8 Å². The van der Waals surface area contributed by atoms with Crippen molar-refractivity contribution >= 4 is 35.6 Å². The number of aromatic hydroxyl groups is 1. The third-order valence-corrected chi connectivity index (χ3v) is 4.85. The van der Waals surface area contributed by atoms with Gasteiger partial charge in [-0.05, 0) is 24.1 Å². The van der Waals surface area contributed by atoms with Crippen LogP contribution in [0.25, 0.3) is 0 Å². The number of hydrogen-bond donors (Lipinski definition) is 9. The smallest absolute Gasteiger partial charge is 0.326 e. The average molecular weight is 511 g/mol. The molecule has 0 aliphatic heterocycles. The van der Waals surface area contributed by atoms with E-state index in [1.54, 1.807) is 0 Å². The SMILES string of the molecule is NC(=O)CC(NC(=O)C(Cc1ccc(O)cc1)NC(=O)C(CO)NC(=O)C(N)CCC(=O)O)C(=O)O. The molecule has 0 fully saturated rings. The van der Waals surface area contributed by atoms with E-state index in [2.05, 4.69) is 16.0 Å². The number of aliphatic carboxylic acids is 2. The first-order valence-corrected chi connectivity index (χ1v) is 10.6. The second kappa shape index (κ2) is 14.2. The lowest BCUT2D eigenvalue weighted by atomic mass is 10.0. The van der Waals surface area contributed by atoms with Crippen molar-refractivity contribution in [2.45, 2.75) is 49.9 Å². The maximum absolute atomic E-state index is 12.8. The summed E-state index contributed by atoms with van der Waals surface area (Å²) in [6.45, 7) is -0.907. The van der Waals surface area contributed by atoms with Gasteiger partial charge in [-0.1, -0.05) is 12.1 Å². The minimum absolute atomic E-state index is 0.0709. The van der Waals surface area contributed by atoms with Crippen LogP contribution in [0.15, 0.2) is 24.3 Å². The van der Waals surface area contributed by atoms with Gasteiger partial charge in [0.25, 0.3) is 0 Å². The Bertz CT molecular complexity index is 968. The van der Waals surface area contributed by atoms with Crippen molar-refractivity contribution in [2.75, 3.05) is 6.61 Å². The molecule has 198 valence electrons. The van der Waals surface area contributed by atoms with Crippen molar-refractivity contribution in [2.24, 2.45) is 11.5 Å². The molecule has 4 amide bonds. The molecule has 0 aliphatic carbocycles. The fourth-order valence-electron chi connectivity index (χ4n) is 2.91. The number of benzene rings is 1. The third kappa shape index (κ3) is 10.4. The third-order valence-electron chi connectivity index (χ3n) is 4.85. The fraction of sp³-hybridized carbons (Fsp3) is 0.429. The number of phenols is 1. The number of carboxylic acid groups (broad SMARTS) is 2. The summed E-state index contributed by atoms with van der Waals surface area (Å²) in [5, 5.41) is 43.5. The first-order chi connectivity index (χ1) is 16.8. The Morgan fingerprint density at radius 2 is 1.36 bits per heavy atom. The molecule has 1 rings (SSSR count). The van der Waals surface area contributed by atoms with Crippen LogP contribution < -0.4 is 27.4 Å². The summed E-state index contributed by atoms with van der Waals surface area (Å²) in [6.07, 6.45) is -1.56. The molecule has 0 saturated carbocycles. The number of carboxylic acids is 2. The zero-order valence-corrected chi connectivity index (χ0v) is 19.0. The second-order valence-electron chi connectivity index (χ2n) is 7.78. The van der Waals surface area contributed by atoms with Crippen LogP contribution in [0.3, 0.4) is 0 Å². The molecule has 15 nitrogen and oxygen atoms in total. The molecule has 11 N–H and O–H groups in total. The molecular weight excluding hydrogens is 482 g/mol. The largest absolute Gasteiger partial charge is 0.508 e. The van der Waals surface area contributed by atoms with Gasteiger partial charge >= 0.3 is 11.9 Å². The fourth-order valence-corrected chi connectivity index (χ4v) is 2.91. The molecule has 1 aromatic carbocycles. The standard InChI is InChI=1S/C21H29N5O10/c22-12(5-6-17(30)31)18(32)26-15(9-27)20(34)24-13(7-10-1-3-11(28)4-2-10)19(33)25-14(21(35)36)8-16(23)29/h1-4,12-15,27-28H,5-9,22H2,(H2,23,29)(H,24,34)(H,25,33)(H,26,32)(H,30,31)(H,35,36). The highest BCUT2D eigenvalue weighted by Crippen LogP contribution is 2.12. The quantitative estimate of drug-likeness (QED) is 0.112. The highest BCUT2D eigenvalue weighted by atomic mass is 16.4. The zero-order valence-electron chi connectivity index (χ0n) is 19.0. The Labute approximate surface area is 204 Å². The Hall–Kier alpha value is -4.24. The van der Waals surface area contributed by atoms with E-state index < -0.39 is 79.2 Å². The number of nitrogens with one attached hydrogen (secondary N) is 3. The van der Waals surface area contributed by atoms with Gasteiger partial charge in [-0.3, -0.25) is 24.0 Å². The van der Waals surface area contributed by atoms with Gasteiger partial charge in [0.1, 0.15) is 23.9 Å². The predicted octanol–water partition coefficient (Wildman–Crippen LogP) is -3.47. The van der Waals surface area contributed by atoms with Crippen LogP contribution in [0.4, 0.5) is 0 Å². The summed E-state index contributed by atoms with van der Waals surface area (Å²) in [6, 6.07) is -0.491. The number of primary amides is 1. The first-order valence-electron chi connectivity index (χ1n) is 10.6. The molecule has 0 heterocycles. The maximum atomic E-state index is 12.8. The van der Waals surface area contributed by atoms with Gasteiger partial charge in [0.15, 0.2) is 0 Å². The molecular formula is C21H29N5O10. The monoisotopic (exact) mass is 511 g/mol. The van der Waals surface area contributed by atoms with Gasteiger partial charge in [0, 0.05) is 12.8 Å². The van der Waals surface area contributed by atoms with E-state index in [9.17, 15) is 44.1 Å². The lowest BCUT2D eigenvalue weighted by molar-refractivity contribution is -0.143. The van der Waals surface area contributed by atoms with Crippen molar-refractivity contribution < 1.29 is 49.2 Å². The van der Waals surface area contributed by atoms with Crippen LogP contribution in [0.1, 0.15) is 24.8 Å². The molecule has 1 aromatic rings. The van der Waals surface area contributed by atoms with E-state index in [1.165, 1.54) is 24.3 Å². The molecule has 0 saturated heterocycles. The molecule has 4 atom stereocenters. The van der Waals surface area contributed by atoms with Gasteiger partial charge in [-0.25, -0.2) is 4.79 Å². The van der Waals surface area contributed by atoms with E-state index in [0.29, 0.717) is 5.56 Å². The number of hydrogen-bond acceptors (Lipinski definition) is 9. The lowest BCUT2D eigenvalue weighted by Crippen LogP contribution is -2.58. The van der Waals surface area contributed by atoms with Crippen molar-refractivity contribution in [1.82, 2.24) is 16.0 Å². The topological polar surface area (TPSA) is 271 Å². The minimum Gasteiger partial charge on any atom is -0.508 e. The summed E-state index contributed by atoms with van der Waals surface area (Å²) in [5.41, 5.74) is 11.0. The number of amides is 4. The Morgan fingerprint density at radius 1 is 0.833 bits per heavy atom. The van der Waals surface area contributed by atoms with Gasteiger partial charge in [0.05, 0.1) is 19.1 Å². The van der Waals surface area contributed by atoms with Gasteiger partial charge in [-0.2, -0.15) is 0 Å². The maximum Gasteiger partial charge on any atom is 0.326 e. The van der Waals surface area contributed by atoms with Crippen LogP contribution in [0.5, 0.6) is 5.75 Å². The molecule has 0 radical (unpaired) electrons. The minimum atomic E-state index is -1.69. The van der Waals surface area contributed by atoms with Crippen LogP contribution in [-0.4, -0.2) is 86.8 Å². The summed E-state index contributed by atoms with van der Waals surface area (Å²) in [5.74, 6) is -6.76. The molecule has 0 bridgehead atoms. The molecule has 0 spiro atoms. The van der Waals surface area contributed by atoms with E-state index >= 15 is 0 Å². The Kier molecular flexibility index (Phi) is 11.8. The van der Waals surface area contributed by atoms with E-state index in [-0.39, 0.29) is 18.6 Å². The molecule has 0 aliphatic rings. The molecule has 0 aromatic heterocycles. The van der Waals surface area contributed by atoms with Crippen LogP contribution in [0.2, 0.25) is 0 Å². The number of phenolic OH excluding ortho intramolecular Hbond substituents is 1. The van der Waals surface area contributed by atoms with Crippen molar-refractivity contribution in [1.29, 1.82) is 0 Å². The van der Waals surface area contributed by atoms with Crippen LogP contribution in [-0.2, 0) is 35.2 Å². The average Bonchev–Trinajstić information content (AvgIpc) is 2.80. The number of rotatable bonds is 15. The lowest BCUT2D eigenvalue weighted by Gasteiger charge is -2.24. The Morgan fingerprint density at radius 3 is 1.86 bits per heavy atom. The molecule has 15 heteroatoms. The first kappa shape index (κ1) is 29.8. The number of carbonyl (C=O) groups is 6. The summed E-state index contributed by atoms with van der Waals surface area (Å²) >= 11 is 0.